The van der Waals surface area contributed by atoms with Gasteiger partial charge in [-0.2, -0.15) is 0 Å². The molecule has 0 amide bonds. The van der Waals surface area contributed by atoms with Crippen molar-refractivity contribution in [2.24, 2.45) is 0 Å². The molecule has 0 unspecified atom stereocenters. The number of benzene rings is 2. The molecule has 0 saturated carbocycles. The fourth-order valence-corrected chi connectivity index (χ4v) is 3.52. The average molecular weight is 354 g/mol. The van der Waals surface area contributed by atoms with E-state index >= 15 is 0 Å². The van der Waals surface area contributed by atoms with Crippen LogP contribution in [-0.2, 0) is 17.1 Å². The van der Waals surface area contributed by atoms with Gasteiger partial charge >= 0.3 is 0 Å². The quantitative estimate of drug-likeness (QED) is 0.425. The van der Waals surface area contributed by atoms with Crippen molar-refractivity contribution in [1.82, 2.24) is 0 Å². The molecule has 4 heteroatoms. The number of rotatable bonds is 7. The fourth-order valence-electron chi connectivity index (χ4n) is 2.57. The van der Waals surface area contributed by atoms with Gasteiger partial charge in [0.25, 0.3) is 0 Å². The van der Waals surface area contributed by atoms with Crippen molar-refractivity contribution in [2.45, 2.75) is 37.7 Å². The third-order valence-electron chi connectivity index (χ3n) is 3.99. The number of hydrogen-bond donors (Lipinski definition) is 0. The molecule has 3 nitrogen and oxygen atoms in total. The molecule has 1 heterocycles. The zero-order valence-electron chi connectivity index (χ0n) is 14.6. The zero-order chi connectivity index (χ0) is 17.6. The molecule has 2 aromatic carbocycles. The normalized spacial score (nSPS) is 11.1. The summed E-state index contributed by atoms with van der Waals surface area (Å²) >= 11 is 1.56. The molecule has 25 heavy (non-hydrogen) atoms. The molecule has 1 aromatic heterocycles. The summed E-state index contributed by atoms with van der Waals surface area (Å²) < 4.78 is 11.5. The minimum absolute atomic E-state index is 0.0489. The zero-order valence-corrected chi connectivity index (χ0v) is 15.4. The lowest BCUT2D eigenvalue weighted by Gasteiger charge is -2.07. The summed E-state index contributed by atoms with van der Waals surface area (Å²) in [4.78, 5) is 12.4. The van der Waals surface area contributed by atoms with Crippen LogP contribution in [0.25, 0.3) is 11.0 Å². The summed E-state index contributed by atoms with van der Waals surface area (Å²) in [6.07, 6.45) is 1.03. The van der Waals surface area contributed by atoms with Crippen LogP contribution < -0.4 is 5.43 Å². The van der Waals surface area contributed by atoms with Crippen LogP contribution in [0.1, 0.15) is 30.0 Å². The van der Waals surface area contributed by atoms with E-state index in [-0.39, 0.29) is 5.43 Å². The molecule has 0 saturated heterocycles. The van der Waals surface area contributed by atoms with Crippen LogP contribution in [0.3, 0.4) is 0 Å². The van der Waals surface area contributed by atoms with E-state index in [4.69, 9.17) is 9.15 Å². The van der Waals surface area contributed by atoms with E-state index in [1.165, 1.54) is 11.1 Å². The van der Waals surface area contributed by atoms with Gasteiger partial charge in [0.1, 0.15) is 5.58 Å². The second-order valence-corrected chi connectivity index (χ2v) is 6.95. The molecule has 0 fully saturated rings. The third kappa shape index (κ3) is 4.33. The number of para-hydroxylation sites is 1. The summed E-state index contributed by atoms with van der Waals surface area (Å²) in [5, 5.41) is 1.33. The standard InChI is InChI=1S/C21H22O3S/c1-3-12-23-13-16-8-10-17(11-9-16)14-25-21-15(2)20(22)18-6-4-5-7-19(18)24-21/h4-11H,3,12-14H2,1-2H3. The highest BCUT2D eigenvalue weighted by atomic mass is 32.2. The number of fused-ring (bicyclic) bond motifs is 1. The monoisotopic (exact) mass is 354 g/mol. The Balaban J connectivity index is 1.70. The lowest BCUT2D eigenvalue weighted by molar-refractivity contribution is 0.121. The Labute approximate surface area is 152 Å². The van der Waals surface area contributed by atoms with Crippen molar-refractivity contribution in [1.29, 1.82) is 0 Å². The summed E-state index contributed by atoms with van der Waals surface area (Å²) in [6.45, 7) is 5.38. The smallest absolute Gasteiger partial charge is 0.196 e. The molecular weight excluding hydrogens is 332 g/mol. The van der Waals surface area contributed by atoms with Crippen molar-refractivity contribution >= 4 is 22.7 Å². The van der Waals surface area contributed by atoms with Crippen molar-refractivity contribution in [3.05, 3.63) is 75.4 Å². The second kappa shape index (κ2) is 8.37. The predicted molar refractivity (Wildman–Crippen MR) is 103 cm³/mol. The van der Waals surface area contributed by atoms with Gasteiger partial charge in [0.15, 0.2) is 10.5 Å². The Morgan fingerprint density at radius 2 is 1.76 bits per heavy atom. The van der Waals surface area contributed by atoms with Crippen LogP contribution in [-0.4, -0.2) is 6.61 Å². The van der Waals surface area contributed by atoms with E-state index in [0.717, 1.165) is 18.8 Å². The molecule has 0 aliphatic carbocycles. The van der Waals surface area contributed by atoms with Gasteiger partial charge in [0.05, 0.1) is 12.0 Å². The first kappa shape index (κ1) is 17.8. The molecule has 130 valence electrons. The highest BCUT2D eigenvalue weighted by Gasteiger charge is 2.11. The molecule has 0 N–H and O–H groups in total. The fraction of sp³-hybridized carbons (Fsp3) is 0.286. The van der Waals surface area contributed by atoms with Crippen LogP contribution in [0, 0.1) is 6.92 Å². The first-order chi connectivity index (χ1) is 12.2. The van der Waals surface area contributed by atoms with Gasteiger partial charge in [-0.3, -0.25) is 4.79 Å². The molecule has 0 aliphatic heterocycles. The van der Waals surface area contributed by atoms with E-state index in [1.807, 2.05) is 31.2 Å². The van der Waals surface area contributed by atoms with Gasteiger partial charge in [0, 0.05) is 17.9 Å². The van der Waals surface area contributed by atoms with Gasteiger partial charge < -0.3 is 9.15 Å². The highest BCUT2D eigenvalue weighted by molar-refractivity contribution is 7.98. The van der Waals surface area contributed by atoms with Crippen LogP contribution in [0.15, 0.2) is 62.8 Å². The van der Waals surface area contributed by atoms with E-state index in [9.17, 15) is 4.79 Å². The van der Waals surface area contributed by atoms with Crippen molar-refractivity contribution in [2.75, 3.05) is 6.61 Å². The summed E-state index contributed by atoms with van der Waals surface area (Å²) in [6, 6.07) is 15.8. The molecule has 0 bridgehead atoms. The molecule has 3 aromatic rings. The lowest BCUT2D eigenvalue weighted by Crippen LogP contribution is -2.06. The van der Waals surface area contributed by atoms with Crippen LogP contribution in [0.4, 0.5) is 0 Å². The van der Waals surface area contributed by atoms with E-state index in [1.54, 1.807) is 11.8 Å². The van der Waals surface area contributed by atoms with Crippen LogP contribution in [0.5, 0.6) is 0 Å². The van der Waals surface area contributed by atoms with Crippen molar-refractivity contribution in [3.63, 3.8) is 0 Å². The summed E-state index contributed by atoms with van der Waals surface area (Å²) in [5.41, 5.74) is 3.74. The number of ether oxygens (including phenoxy) is 1. The maximum atomic E-state index is 12.4. The Morgan fingerprint density at radius 1 is 1.04 bits per heavy atom. The maximum absolute atomic E-state index is 12.4. The first-order valence-corrected chi connectivity index (χ1v) is 9.48. The predicted octanol–water partition coefficient (Wildman–Crippen LogP) is 5.32. The van der Waals surface area contributed by atoms with E-state index in [0.29, 0.717) is 28.2 Å². The maximum Gasteiger partial charge on any atom is 0.196 e. The Bertz CT molecular complexity index is 897. The van der Waals surface area contributed by atoms with Crippen LogP contribution in [0.2, 0.25) is 0 Å². The Kier molecular flexibility index (Phi) is 5.95. The minimum atomic E-state index is 0.0489. The molecule has 3 rings (SSSR count). The molecule has 0 spiro atoms. The largest absolute Gasteiger partial charge is 0.449 e. The SMILES string of the molecule is CCCOCc1ccc(CSc2oc3ccccc3c(=O)c2C)cc1. The van der Waals surface area contributed by atoms with Crippen LogP contribution >= 0.6 is 11.8 Å². The van der Waals surface area contributed by atoms with Gasteiger partial charge in [-0.25, -0.2) is 0 Å². The second-order valence-electron chi connectivity index (χ2n) is 6.00. The summed E-state index contributed by atoms with van der Waals surface area (Å²) in [7, 11) is 0. The molecular formula is C21H22O3S. The van der Waals surface area contributed by atoms with Gasteiger partial charge in [-0.05, 0) is 36.6 Å². The van der Waals surface area contributed by atoms with Gasteiger partial charge in [0.2, 0.25) is 0 Å². The van der Waals surface area contributed by atoms with E-state index < -0.39 is 0 Å². The Morgan fingerprint density at radius 3 is 2.52 bits per heavy atom. The first-order valence-electron chi connectivity index (χ1n) is 8.50. The highest BCUT2D eigenvalue weighted by Crippen LogP contribution is 2.27. The van der Waals surface area contributed by atoms with Crippen molar-refractivity contribution in [3.8, 4) is 0 Å². The Hall–Kier alpha value is -2.04. The minimum Gasteiger partial charge on any atom is -0.449 e. The van der Waals surface area contributed by atoms with Gasteiger partial charge in [-0.1, -0.05) is 55.1 Å². The van der Waals surface area contributed by atoms with Crippen molar-refractivity contribution < 1.29 is 9.15 Å². The molecule has 0 atom stereocenters. The third-order valence-corrected chi connectivity index (χ3v) is 5.12. The average Bonchev–Trinajstić information content (AvgIpc) is 2.65. The molecule has 0 radical (unpaired) electrons. The van der Waals surface area contributed by atoms with E-state index in [2.05, 4.69) is 31.2 Å². The number of hydrogen-bond acceptors (Lipinski definition) is 4. The number of thioether (sulfide) groups is 1. The molecule has 0 aliphatic rings. The lowest BCUT2D eigenvalue weighted by atomic mass is 10.2. The van der Waals surface area contributed by atoms with Gasteiger partial charge in [-0.15, -0.1) is 0 Å². The topological polar surface area (TPSA) is 39.4 Å². The summed E-state index contributed by atoms with van der Waals surface area (Å²) in [5.74, 6) is 0.762.